The van der Waals surface area contributed by atoms with Crippen LogP contribution in [0, 0.1) is 6.57 Å². The molecule has 0 saturated heterocycles. The van der Waals surface area contributed by atoms with Crippen LogP contribution in [0.3, 0.4) is 0 Å². The molecule has 2 aromatic heterocycles. The first-order valence-electron chi connectivity index (χ1n) is 16.0. The van der Waals surface area contributed by atoms with Gasteiger partial charge in [0.15, 0.2) is 5.69 Å². The highest BCUT2D eigenvalue weighted by Gasteiger charge is 2.24. The average Bonchev–Trinajstić information content (AvgIpc) is 3.79. The number of fused-ring (bicyclic) bond motifs is 9. The number of hydrogen-bond donors (Lipinski definition) is 0. The van der Waals surface area contributed by atoms with Crippen LogP contribution < -0.4 is 0 Å². The topological polar surface area (TPSA) is 14.2 Å². The molecule has 0 amide bonds. The first-order chi connectivity index (χ1) is 23.3. The maximum Gasteiger partial charge on any atom is 0.188 e. The Morgan fingerprint density at radius 3 is 1.89 bits per heavy atom. The summed E-state index contributed by atoms with van der Waals surface area (Å²) in [5.74, 6) is 0. The van der Waals surface area contributed by atoms with E-state index in [2.05, 4.69) is 160 Å². The number of aromatic nitrogens is 2. The van der Waals surface area contributed by atoms with Gasteiger partial charge in [0.1, 0.15) is 0 Å². The molecule has 0 atom stereocenters. The molecule has 0 saturated carbocycles. The molecule has 0 unspecified atom stereocenters. The number of rotatable bonds is 3. The standard InChI is InChI=1S/C44H27N3/c1-45-31-20-23-44-39(27-31)38-25-29(19-22-43(38)47(44)41-17-9-15-34-33-13-6-5-10-30(33)26-36(34)41)28-18-21-42-37(24-28)35-14-7-8-16-40(35)46(42)32-11-3-2-4-12-32/h2-25,27H,26H2. The van der Waals surface area contributed by atoms with Gasteiger partial charge in [0.25, 0.3) is 0 Å². The van der Waals surface area contributed by atoms with E-state index < -0.39 is 0 Å². The summed E-state index contributed by atoms with van der Waals surface area (Å²) in [6.07, 6.45) is 0.914. The van der Waals surface area contributed by atoms with Crippen molar-refractivity contribution in [2.45, 2.75) is 6.42 Å². The number of para-hydroxylation sites is 2. The lowest BCUT2D eigenvalue weighted by Crippen LogP contribution is -1.99. The van der Waals surface area contributed by atoms with Crippen LogP contribution in [-0.4, -0.2) is 9.13 Å². The Kier molecular flexibility index (Phi) is 5.41. The van der Waals surface area contributed by atoms with Gasteiger partial charge in [-0.2, -0.15) is 0 Å². The van der Waals surface area contributed by atoms with Gasteiger partial charge in [-0.3, -0.25) is 0 Å². The van der Waals surface area contributed by atoms with Crippen LogP contribution in [0.1, 0.15) is 11.1 Å². The summed E-state index contributed by atoms with van der Waals surface area (Å²) in [5, 5.41) is 4.74. The molecule has 0 spiro atoms. The van der Waals surface area contributed by atoms with Crippen molar-refractivity contribution in [2.75, 3.05) is 0 Å². The van der Waals surface area contributed by atoms with E-state index in [1.807, 2.05) is 6.07 Å². The van der Waals surface area contributed by atoms with Crippen LogP contribution in [0.2, 0.25) is 0 Å². The molecule has 10 rings (SSSR count). The van der Waals surface area contributed by atoms with Crippen molar-refractivity contribution in [3.8, 4) is 33.6 Å². The van der Waals surface area contributed by atoms with Crippen molar-refractivity contribution in [1.29, 1.82) is 0 Å². The van der Waals surface area contributed by atoms with Gasteiger partial charge in [0.05, 0.1) is 34.3 Å². The zero-order valence-corrected chi connectivity index (χ0v) is 25.5. The molecule has 1 aliphatic rings. The van der Waals surface area contributed by atoms with Crippen LogP contribution in [0.15, 0.2) is 152 Å². The normalized spacial score (nSPS) is 12.1. The maximum atomic E-state index is 7.77. The lowest BCUT2D eigenvalue weighted by atomic mass is 10.0. The lowest BCUT2D eigenvalue weighted by molar-refractivity contribution is 1.12. The van der Waals surface area contributed by atoms with E-state index in [1.165, 1.54) is 55.3 Å². The number of hydrogen-bond acceptors (Lipinski definition) is 0. The zero-order chi connectivity index (χ0) is 31.1. The number of benzene rings is 7. The van der Waals surface area contributed by atoms with Gasteiger partial charge >= 0.3 is 0 Å². The molecule has 9 aromatic rings. The zero-order valence-electron chi connectivity index (χ0n) is 25.5. The van der Waals surface area contributed by atoms with E-state index in [-0.39, 0.29) is 0 Å². The van der Waals surface area contributed by atoms with Crippen LogP contribution in [0.25, 0.3) is 82.1 Å². The summed E-state index contributed by atoms with van der Waals surface area (Å²) in [7, 11) is 0. The Labute approximate surface area is 272 Å². The van der Waals surface area contributed by atoms with Gasteiger partial charge in [-0.05, 0) is 99.4 Å². The minimum atomic E-state index is 0.655. The third kappa shape index (κ3) is 3.73. The third-order valence-corrected chi connectivity index (χ3v) is 9.97. The van der Waals surface area contributed by atoms with Crippen molar-refractivity contribution >= 4 is 49.3 Å². The van der Waals surface area contributed by atoms with Gasteiger partial charge in [-0.1, -0.05) is 91.0 Å². The first kappa shape index (κ1) is 25.9. The summed E-state index contributed by atoms with van der Waals surface area (Å²) in [6.45, 7) is 7.77. The van der Waals surface area contributed by atoms with Crippen LogP contribution >= 0.6 is 0 Å². The Hall–Kier alpha value is -6.37. The van der Waals surface area contributed by atoms with E-state index in [4.69, 9.17) is 6.57 Å². The van der Waals surface area contributed by atoms with Gasteiger partial charge in [-0.15, -0.1) is 0 Å². The molecule has 0 fully saturated rings. The van der Waals surface area contributed by atoms with Gasteiger partial charge in [-0.25, -0.2) is 4.85 Å². The Morgan fingerprint density at radius 1 is 0.468 bits per heavy atom. The van der Waals surface area contributed by atoms with Gasteiger partial charge in [0, 0.05) is 28.3 Å². The predicted molar refractivity (Wildman–Crippen MR) is 195 cm³/mol. The fourth-order valence-electron chi connectivity index (χ4n) is 7.88. The Balaban J connectivity index is 1.20. The molecular formula is C44H27N3. The van der Waals surface area contributed by atoms with Crippen molar-refractivity contribution in [1.82, 2.24) is 9.13 Å². The Bertz CT molecular complexity index is 2770. The number of nitrogens with zero attached hydrogens (tertiary/aromatic N) is 3. The largest absolute Gasteiger partial charge is 0.309 e. The summed E-state index contributed by atoms with van der Waals surface area (Å²) < 4.78 is 4.76. The monoisotopic (exact) mass is 597 g/mol. The molecule has 0 N–H and O–H groups in total. The molecule has 2 heterocycles. The second-order valence-electron chi connectivity index (χ2n) is 12.4. The Morgan fingerprint density at radius 2 is 1.09 bits per heavy atom. The van der Waals surface area contributed by atoms with E-state index in [1.54, 1.807) is 0 Å². The average molecular weight is 598 g/mol. The summed E-state index contributed by atoms with van der Waals surface area (Å²) in [5.41, 5.74) is 15.4. The second-order valence-corrected chi connectivity index (χ2v) is 12.4. The van der Waals surface area contributed by atoms with E-state index in [0.717, 1.165) is 39.5 Å². The predicted octanol–water partition coefficient (Wildman–Crippen LogP) is 11.7. The minimum Gasteiger partial charge on any atom is -0.309 e. The molecular weight excluding hydrogens is 571 g/mol. The summed E-state index contributed by atoms with van der Waals surface area (Å²) >= 11 is 0. The highest BCUT2D eigenvalue weighted by Crippen LogP contribution is 2.43. The smallest absolute Gasteiger partial charge is 0.188 e. The van der Waals surface area contributed by atoms with Crippen molar-refractivity contribution in [3.05, 3.63) is 174 Å². The van der Waals surface area contributed by atoms with Crippen LogP contribution in [-0.2, 0) is 6.42 Å². The molecule has 218 valence electrons. The molecule has 3 heteroatoms. The molecule has 0 radical (unpaired) electrons. The highest BCUT2D eigenvalue weighted by atomic mass is 15.0. The summed E-state index contributed by atoms with van der Waals surface area (Å²) in [6, 6.07) is 54.5. The van der Waals surface area contributed by atoms with Crippen molar-refractivity contribution in [3.63, 3.8) is 0 Å². The minimum absolute atomic E-state index is 0.655. The van der Waals surface area contributed by atoms with Gasteiger partial charge in [0.2, 0.25) is 0 Å². The fourth-order valence-corrected chi connectivity index (χ4v) is 7.88. The molecule has 47 heavy (non-hydrogen) atoms. The van der Waals surface area contributed by atoms with E-state index in [9.17, 15) is 0 Å². The van der Waals surface area contributed by atoms with Gasteiger partial charge < -0.3 is 9.13 Å². The van der Waals surface area contributed by atoms with Crippen LogP contribution in [0.5, 0.6) is 0 Å². The van der Waals surface area contributed by atoms with E-state index in [0.29, 0.717) is 5.69 Å². The van der Waals surface area contributed by atoms with E-state index >= 15 is 0 Å². The quantitative estimate of drug-likeness (QED) is 0.180. The second kappa shape index (κ2) is 9.81. The lowest BCUT2D eigenvalue weighted by Gasteiger charge is -2.13. The SMILES string of the molecule is [C-]#[N+]c1ccc2c(c1)c1cc(-c3ccc4c(c3)c3ccccc3n4-c3ccccc3)ccc1n2-c1cccc2c1Cc1ccccc1-2. The van der Waals surface area contributed by atoms with Crippen molar-refractivity contribution in [2.24, 2.45) is 0 Å². The molecule has 7 aromatic carbocycles. The fraction of sp³-hybridized carbons (Fsp3) is 0.0227. The third-order valence-electron chi connectivity index (χ3n) is 9.97. The summed E-state index contributed by atoms with van der Waals surface area (Å²) in [4.78, 5) is 3.80. The van der Waals surface area contributed by atoms with Crippen molar-refractivity contribution < 1.29 is 0 Å². The highest BCUT2D eigenvalue weighted by molar-refractivity contribution is 6.13. The molecule has 3 nitrogen and oxygen atoms in total. The maximum absolute atomic E-state index is 7.77. The van der Waals surface area contributed by atoms with Crippen LogP contribution in [0.4, 0.5) is 5.69 Å². The molecule has 0 aliphatic heterocycles. The molecule has 0 bridgehead atoms. The molecule has 1 aliphatic carbocycles. The first-order valence-corrected chi connectivity index (χ1v) is 16.0.